The molecule has 26 heavy (non-hydrogen) atoms. The van der Waals surface area contributed by atoms with Crippen molar-refractivity contribution in [1.82, 2.24) is 20.2 Å². The summed E-state index contributed by atoms with van der Waals surface area (Å²) in [6.45, 7) is 7.23. The van der Waals surface area contributed by atoms with Crippen molar-refractivity contribution in [3.05, 3.63) is 57.4 Å². The zero-order valence-electron chi connectivity index (χ0n) is 15.9. The third kappa shape index (κ3) is 3.92. The van der Waals surface area contributed by atoms with Gasteiger partial charge in [0.2, 0.25) is 0 Å². The van der Waals surface area contributed by atoms with E-state index in [1.165, 1.54) is 16.9 Å². The number of nitrogens with zero attached hydrogens (tertiary/aromatic N) is 3. The molecule has 0 saturated heterocycles. The molecule has 0 saturated carbocycles. The fraction of sp³-hybridized carbons (Fsp3) is 0.350. The van der Waals surface area contributed by atoms with Crippen LogP contribution in [0.1, 0.15) is 37.9 Å². The first-order valence-electron chi connectivity index (χ1n) is 8.60. The second kappa shape index (κ2) is 7.51. The molecule has 2 heterocycles. The number of aryl methyl sites for hydroxylation is 3. The average molecular weight is 369 g/mol. The van der Waals surface area contributed by atoms with Crippen molar-refractivity contribution in [3.8, 4) is 0 Å². The van der Waals surface area contributed by atoms with Gasteiger partial charge in [-0.2, -0.15) is 0 Å². The van der Waals surface area contributed by atoms with Gasteiger partial charge >= 0.3 is 0 Å². The molecule has 0 radical (unpaired) electrons. The van der Waals surface area contributed by atoms with Gasteiger partial charge in [-0.3, -0.25) is 4.79 Å². The molecule has 1 aromatic carbocycles. The van der Waals surface area contributed by atoms with Gasteiger partial charge in [-0.1, -0.05) is 24.3 Å². The number of nitrogens with one attached hydrogen (secondary N) is 1. The van der Waals surface area contributed by atoms with Crippen LogP contribution in [0.5, 0.6) is 0 Å². The molecule has 136 valence electrons. The van der Waals surface area contributed by atoms with Gasteiger partial charge < -0.3 is 10.2 Å². The molecule has 1 amide bonds. The largest absolute Gasteiger partial charge is 0.347 e. The summed E-state index contributed by atoms with van der Waals surface area (Å²) in [7, 11) is 4.10. The third-order valence-electron chi connectivity index (χ3n) is 4.26. The molecule has 0 aliphatic rings. The maximum Gasteiger partial charge on any atom is 0.261 e. The maximum atomic E-state index is 12.7. The minimum Gasteiger partial charge on any atom is -0.347 e. The van der Waals surface area contributed by atoms with E-state index in [2.05, 4.69) is 58.5 Å². The van der Waals surface area contributed by atoms with Crippen molar-refractivity contribution < 1.29 is 4.79 Å². The lowest BCUT2D eigenvalue weighted by Gasteiger charge is -2.10. The first kappa shape index (κ1) is 18.5. The molecular weight excluding hydrogens is 344 g/mol. The highest BCUT2D eigenvalue weighted by Crippen LogP contribution is 2.31. The van der Waals surface area contributed by atoms with Gasteiger partial charge in [-0.05, 0) is 51.6 Å². The van der Waals surface area contributed by atoms with Gasteiger partial charge in [-0.25, -0.2) is 9.97 Å². The van der Waals surface area contributed by atoms with E-state index in [1.807, 2.05) is 20.8 Å². The van der Waals surface area contributed by atoms with Crippen LogP contribution >= 0.6 is 11.3 Å². The van der Waals surface area contributed by atoms with Crippen LogP contribution in [0.4, 0.5) is 0 Å². The summed E-state index contributed by atoms with van der Waals surface area (Å²) in [6, 6.07) is 8.34. The molecule has 0 spiro atoms. The van der Waals surface area contributed by atoms with Crippen LogP contribution in [-0.4, -0.2) is 34.9 Å². The average Bonchev–Trinajstić information content (AvgIpc) is 2.90. The summed E-state index contributed by atoms with van der Waals surface area (Å²) in [6.07, 6.45) is 0. The number of benzene rings is 1. The lowest BCUT2D eigenvalue weighted by molar-refractivity contribution is 0.0954. The number of hydrogen-bond donors (Lipinski definition) is 1. The molecule has 3 aromatic rings. The smallest absolute Gasteiger partial charge is 0.261 e. The Bertz CT molecular complexity index is 945. The highest BCUT2D eigenvalue weighted by molar-refractivity contribution is 7.20. The van der Waals surface area contributed by atoms with Crippen LogP contribution < -0.4 is 5.32 Å². The van der Waals surface area contributed by atoms with Crippen LogP contribution in [0.2, 0.25) is 0 Å². The predicted molar refractivity (Wildman–Crippen MR) is 107 cm³/mol. The number of carbonyl (C=O) groups is 1. The zero-order valence-corrected chi connectivity index (χ0v) is 16.7. The molecular formula is C20H24N4OS. The Labute approximate surface area is 158 Å². The number of aromatic nitrogens is 2. The van der Waals surface area contributed by atoms with Gasteiger partial charge in [0.1, 0.15) is 10.7 Å². The minimum absolute atomic E-state index is 0.0556. The lowest BCUT2D eigenvalue weighted by Crippen LogP contribution is -2.22. The van der Waals surface area contributed by atoms with Gasteiger partial charge in [0, 0.05) is 24.2 Å². The van der Waals surface area contributed by atoms with Crippen LogP contribution in [-0.2, 0) is 13.1 Å². The molecule has 5 nitrogen and oxygen atoms in total. The van der Waals surface area contributed by atoms with Gasteiger partial charge in [0.15, 0.2) is 0 Å². The quantitative estimate of drug-likeness (QED) is 0.747. The summed E-state index contributed by atoms with van der Waals surface area (Å²) in [5.74, 6) is 0.681. The standard InChI is InChI=1S/C20H24N4OS/c1-12-17-13(2)22-14(3)23-20(17)26-18(12)19(25)21-10-15-6-8-16(9-7-15)11-24(4)5/h6-9H,10-11H2,1-5H3,(H,21,25). The molecule has 0 aliphatic carbocycles. The topological polar surface area (TPSA) is 58.1 Å². The van der Waals surface area contributed by atoms with Crippen molar-refractivity contribution in [2.45, 2.75) is 33.9 Å². The molecule has 0 fully saturated rings. The van der Waals surface area contributed by atoms with E-state index in [0.717, 1.165) is 39.4 Å². The molecule has 2 aromatic heterocycles. The van der Waals surface area contributed by atoms with E-state index in [9.17, 15) is 4.79 Å². The Morgan fingerprint density at radius 1 is 1.08 bits per heavy atom. The van der Waals surface area contributed by atoms with E-state index >= 15 is 0 Å². The highest BCUT2D eigenvalue weighted by atomic mass is 32.1. The Kier molecular flexibility index (Phi) is 5.34. The number of fused-ring (bicyclic) bond motifs is 1. The van der Waals surface area contributed by atoms with Crippen LogP contribution in [0.3, 0.4) is 0 Å². The van der Waals surface area contributed by atoms with Crippen LogP contribution in [0, 0.1) is 20.8 Å². The monoisotopic (exact) mass is 368 g/mol. The maximum absolute atomic E-state index is 12.7. The number of hydrogen-bond acceptors (Lipinski definition) is 5. The Balaban J connectivity index is 1.73. The number of carbonyl (C=O) groups excluding carboxylic acids is 1. The number of rotatable bonds is 5. The SMILES string of the molecule is Cc1nc(C)c2c(C)c(C(=O)NCc3ccc(CN(C)C)cc3)sc2n1. The van der Waals surface area contributed by atoms with E-state index in [-0.39, 0.29) is 5.91 Å². The second-order valence-electron chi connectivity index (χ2n) is 6.83. The Morgan fingerprint density at radius 3 is 2.38 bits per heavy atom. The van der Waals surface area contributed by atoms with Gasteiger partial charge in [-0.15, -0.1) is 11.3 Å². The molecule has 0 aliphatic heterocycles. The van der Waals surface area contributed by atoms with Crippen LogP contribution in [0.25, 0.3) is 10.2 Å². The van der Waals surface area contributed by atoms with E-state index in [1.54, 1.807) is 0 Å². The summed E-state index contributed by atoms with van der Waals surface area (Å²) in [5.41, 5.74) is 4.24. The molecule has 3 rings (SSSR count). The van der Waals surface area contributed by atoms with Crippen molar-refractivity contribution in [2.24, 2.45) is 0 Å². The summed E-state index contributed by atoms with van der Waals surface area (Å²) in [4.78, 5) is 25.3. The molecule has 1 N–H and O–H groups in total. The van der Waals surface area contributed by atoms with E-state index < -0.39 is 0 Å². The first-order chi connectivity index (χ1) is 12.3. The molecule has 6 heteroatoms. The highest BCUT2D eigenvalue weighted by Gasteiger charge is 2.18. The van der Waals surface area contributed by atoms with E-state index in [4.69, 9.17) is 0 Å². The van der Waals surface area contributed by atoms with Crippen LogP contribution in [0.15, 0.2) is 24.3 Å². The predicted octanol–water partition coefficient (Wildman–Crippen LogP) is 3.61. The van der Waals surface area contributed by atoms with Crippen molar-refractivity contribution in [3.63, 3.8) is 0 Å². The molecule has 0 bridgehead atoms. The Hall–Kier alpha value is -2.31. The van der Waals surface area contributed by atoms with Gasteiger partial charge in [0.25, 0.3) is 5.91 Å². The minimum atomic E-state index is -0.0556. The van der Waals surface area contributed by atoms with Crippen molar-refractivity contribution in [1.29, 1.82) is 0 Å². The fourth-order valence-electron chi connectivity index (χ4n) is 3.08. The Morgan fingerprint density at radius 2 is 1.73 bits per heavy atom. The first-order valence-corrected chi connectivity index (χ1v) is 9.42. The number of thiophene rings is 1. The summed E-state index contributed by atoms with van der Waals surface area (Å²) < 4.78 is 0. The van der Waals surface area contributed by atoms with Crippen molar-refractivity contribution in [2.75, 3.05) is 14.1 Å². The third-order valence-corrected chi connectivity index (χ3v) is 5.45. The summed E-state index contributed by atoms with van der Waals surface area (Å²) >= 11 is 1.44. The molecule has 0 atom stereocenters. The summed E-state index contributed by atoms with van der Waals surface area (Å²) in [5, 5.41) is 4.02. The zero-order chi connectivity index (χ0) is 18.8. The fourth-order valence-corrected chi connectivity index (χ4v) is 4.27. The molecule has 0 unspecified atom stereocenters. The normalized spacial score (nSPS) is 11.3. The lowest BCUT2D eigenvalue weighted by atomic mass is 10.1. The van der Waals surface area contributed by atoms with Gasteiger partial charge in [0.05, 0.1) is 4.88 Å². The van der Waals surface area contributed by atoms with E-state index in [0.29, 0.717) is 11.4 Å². The second-order valence-corrected chi connectivity index (χ2v) is 7.83. The number of amides is 1. The van der Waals surface area contributed by atoms with Crippen molar-refractivity contribution >= 4 is 27.5 Å².